The first-order chi connectivity index (χ1) is 6.74. The molecule has 2 rings (SSSR count). The Morgan fingerprint density at radius 1 is 1.50 bits per heavy atom. The van der Waals surface area contributed by atoms with E-state index in [2.05, 4.69) is 44.0 Å². The van der Waals surface area contributed by atoms with Gasteiger partial charge < -0.3 is 4.90 Å². The third-order valence-electron chi connectivity index (χ3n) is 2.96. The van der Waals surface area contributed by atoms with Crippen molar-refractivity contribution in [3.05, 3.63) is 23.8 Å². The number of thioether (sulfide) groups is 1. The van der Waals surface area contributed by atoms with Crippen LogP contribution in [-0.4, -0.2) is 18.8 Å². The Morgan fingerprint density at radius 2 is 2.29 bits per heavy atom. The highest BCUT2D eigenvalue weighted by Gasteiger charge is 2.21. The molecular formula is C12H17NS. The first-order valence-electron chi connectivity index (χ1n) is 5.21. The van der Waals surface area contributed by atoms with Crippen molar-refractivity contribution in [1.29, 1.82) is 0 Å². The maximum atomic E-state index is 2.42. The van der Waals surface area contributed by atoms with E-state index in [1.54, 1.807) is 0 Å². The van der Waals surface area contributed by atoms with Gasteiger partial charge in [0.1, 0.15) is 0 Å². The Balaban J connectivity index is 2.49. The van der Waals surface area contributed by atoms with Gasteiger partial charge in [-0.05, 0) is 25.0 Å². The first kappa shape index (κ1) is 9.91. The third kappa shape index (κ3) is 1.52. The molecule has 76 valence electrons. The molecule has 0 radical (unpaired) electrons. The quantitative estimate of drug-likeness (QED) is 0.696. The molecule has 0 N–H and O–H groups in total. The molecular weight excluding hydrogens is 190 g/mol. The van der Waals surface area contributed by atoms with E-state index >= 15 is 0 Å². The van der Waals surface area contributed by atoms with Gasteiger partial charge in [-0.25, -0.2) is 0 Å². The van der Waals surface area contributed by atoms with E-state index in [0.717, 1.165) is 6.42 Å². The van der Waals surface area contributed by atoms with Gasteiger partial charge in [0.05, 0.1) is 5.69 Å². The molecule has 1 aliphatic rings. The number of benzene rings is 1. The van der Waals surface area contributed by atoms with Gasteiger partial charge in [0.15, 0.2) is 0 Å². The number of para-hydroxylation sites is 1. The van der Waals surface area contributed by atoms with Gasteiger partial charge >= 0.3 is 0 Å². The van der Waals surface area contributed by atoms with Crippen molar-refractivity contribution in [2.24, 2.45) is 0 Å². The molecule has 0 bridgehead atoms. The molecule has 0 spiro atoms. The summed E-state index contributed by atoms with van der Waals surface area (Å²) >= 11 is 1.99. The fraction of sp³-hybridized carbons (Fsp3) is 0.500. The van der Waals surface area contributed by atoms with Gasteiger partial charge in [0.2, 0.25) is 0 Å². The minimum atomic E-state index is 0.653. The molecule has 0 fully saturated rings. The van der Waals surface area contributed by atoms with E-state index < -0.39 is 0 Å². The van der Waals surface area contributed by atoms with Gasteiger partial charge in [-0.15, -0.1) is 11.8 Å². The summed E-state index contributed by atoms with van der Waals surface area (Å²) in [5.41, 5.74) is 2.93. The Kier molecular flexibility index (Phi) is 2.73. The normalized spacial score (nSPS) is 20.8. The summed E-state index contributed by atoms with van der Waals surface area (Å²) in [7, 11) is 2.21. The summed E-state index contributed by atoms with van der Waals surface area (Å²) in [5, 5.41) is 0. The van der Waals surface area contributed by atoms with Crippen molar-refractivity contribution in [1.82, 2.24) is 0 Å². The predicted molar refractivity (Wildman–Crippen MR) is 64.4 cm³/mol. The van der Waals surface area contributed by atoms with Crippen LogP contribution in [0.1, 0.15) is 19.4 Å². The van der Waals surface area contributed by atoms with Gasteiger partial charge in [0, 0.05) is 23.7 Å². The van der Waals surface area contributed by atoms with E-state index in [1.807, 2.05) is 11.8 Å². The van der Waals surface area contributed by atoms with Gasteiger partial charge in [-0.1, -0.05) is 19.1 Å². The molecule has 2 heteroatoms. The molecule has 1 heterocycles. The lowest BCUT2D eigenvalue weighted by Crippen LogP contribution is -2.34. The zero-order valence-corrected chi connectivity index (χ0v) is 9.90. The fourth-order valence-corrected chi connectivity index (χ4v) is 3.14. The highest BCUT2D eigenvalue weighted by molar-refractivity contribution is 7.99. The van der Waals surface area contributed by atoms with Crippen LogP contribution in [0, 0.1) is 0 Å². The standard InChI is InChI=1S/C12H17NS/c1-4-10-6-5-7-11-12(10)13(3)9(2)8-14-11/h5-7,9H,4,8H2,1-3H3. The third-order valence-corrected chi connectivity index (χ3v) is 4.25. The molecule has 1 nitrogen and oxygen atoms in total. The van der Waals surface area contributed by atoms with Crippen LogP contribution in [0.5, 0.6) is 0 Å². The molecule has 0 saturated heterocycles. The topological polar surface area (TPSA) is 3.24 Å². The van der Waals surface area contributed by atoms with Crippen molar-refractivity contribution in [3.63, 3.8) is 0 Å². The van der Waals surface area contributed by atoms with Crippen LogP contribution >= 0.6 is 11.8 Å². The van der Waals surface area contributed by atoms with Gasteiger partial charge in [0.25, 0.3) is 0 Å². The fourth-order valence-electron chi connectivity index (χ4n) is 1.91. The van der Waals surface area contributed by atoms with E-state index in [9.17, 15) is 0 Å². The molecule has 1 aromatic carbocycles. The summed E-state index contributed by atoms with van der Waals surface area (Å²) in [6, 6.07) is 7.31. The van der Waals surface area contributed by atoms with E-state index in [4.69, 9.17) is 0 Å². The second-order valence-corrected chi connectivity index (χ2v) is 4.95. The molecule has 0 aromatic heterocycles. The maximum absolute atomic E-state index is 2.42. The average Bonchev–Trinajstić information content (AvgIpc) is 2.23. The lowest BCUT2D eigenvalue weighted by Gasteiger charge is -2.35. The van der Waals surface area contributed by atoms with E-state index in [0.29, 0.717) is 6.04 Å². The van der Waals surface area contributed by atoms with Crippen LogP contribution in [0.4, 0.5) is 5.69 Å². The van der Waals surface area contributed by atoms with Crippen molar-refractivity contribution in [2.45, 2.75) is 31.2 Å². The van der Waals surface area contributed by atoms with E-state index in [1.165, 1.54) is 21.9 Å². The Hall–Kier alpha value is -0.630. The van der Waals surface area contributed by atoms with Crippen molar-refractivity contribution in [2.75, 3.05) is 17.7 Å². The number of hydrogen-bond acceptors (Lipinski definition) is 2. The zero-order chi connectivity index (χ0) is 10.1. The Bertz CT molecular complexity index is 321. The molecule has 1 aliphatic heterocycles. The van der Waals surface area contributed by atoms with Crippen LogP contribution < -0.4 is 4.90 Å². The van der Waals surface area contributed by atoms with Crippen LogP contribution in [0.3, 0.4) is 0 Å². The first-order valence-corrected chi connectivity index (χ1v) is 6.20. The van der Waals surface area contributed by atoms with Crippen molar-refractivity contribution >= 4 is 17.4 Å². The molecule has 1 aromatic rings. The number of fused-ring (bicyclic) bond motifs is 1. The van der Waals surface area contributed by atoms with Crippen molar-refractivity contribution < 1.29 is 0 Å². The molecule has 14 heavy (non-hydrogen) atoms. The number of anilines is 1. The van der Waals surface area contributed by atoms with Crippen LogP contribution in [0.25, 0.3) is 0 Å². The summed E-state index contributed by atoms with van der Waals surface area (Å²) in [6.07, 6.45) is 1.13. The van der Waals surface area contributed by atoms with E-state index in [-0.39, 0.29) is 0 Å². The SMILES string of the molecule is CCc1cccc2c1N(C)C(C)CS2. The molecule has 0 aliphatic carbocycles. The highest BCUT2D eigenvalue weighted by atomic mass is 32.2. The summed E-state index contributed by atoms with van der Waals surface area (Å²) in [5.74, 6) is 1.21. The lowest BCUT2D eigenvalue weighted by atomic mass is 10.1. The summed E-state index contributed by atoms with van der Waals surface area (Å²) in [4.78, 5) is 3.87. The average molecular weight is 207 g/mol. The van der Waals surface area contributed by atoms with Gasteiger partial charge in [-0.3, -0.25) is 0 Å². The van der Waals surface area contributed by atoms with Crippen LogP contribution in [-0.2, 0) is 6.42 Å². The molecule has 1 atom stereocenters. The smallest absolute Gasteiger partial charge is 0.0536 e. The van der Waals surface area contributed by atoms with Crippen LogP contribution in [0.15, 0.2) is 23.1 Å². The predicted octanol–water partition coefficient (Wildman–Crippen LogP) is 3.18. The second-order valence-electron chi connectivity index (χ2n) is 3.89. The van der Waals surface area contributed by atoms with Crippen molar-refractivity contribution in [3.8, 4) is 0 Å². The summed E-state index contributed by atoms with van der Waals surface area (Å²) < 4.78 is 0. The minimum absolute atomic E-state index is 0.653. The molecule has 1 unspecified atom stereocenters. The minimum Gasteiger partial charge on any atom is -0.370 e. The number of nitrogens with zero attached hydrogens (tertiary/aromatic N) is 1. The van der Waals surface area contributed by atoms with Gasteiger partial charge in [-0.2, -0.15) is 0 Å². The Labute approximate surface area is 90.5 Å². The lowest BCUT2D eigenvalue weighted by molar-refractivity contribution is 0.742. The number of rotatable bonds is 1. The number of aryl methyl sites for hydroxylation is 1. The zero-order valence-electron chi connectivity index (χ0n) is 9.08. The Morgan fingerprint density at radius 3 is 3.00 bits per heavy atom. The largest absolute Gasteiger partial charge is 0.370 e. The number of hydrogen-bond donors (Lipinski definition) is 0. The maximum Gasteiger partial charge on any atom is 0.0536 e. The van der Waals surface area contributed by atoms with Crippen LogP contribution in [0.2, 0.25) is 0 Å². The highest BCUT2D eigenvalue weighted by Crippen LogP contribution is 2.38. The molecule has 0 saturated carbocycles. The second kappa shape index (κ2) is 3.85. The summed E-state index contributed by atoms with van der Waals surface area (Å²) in [6.45, 7) is 4.52. The monoisotopic (exact) mass is 207 g/mol. The molecule has 0 amide bonds.